The quantitative estimate of drug-likeness (QED) is 0.0262. The Morgan fingerprint density at radius 3 is 0.915 bits per heavy atom. The highest BCUT2D eigenvalue weighted by Gasteiger charge is 2.19. The van der Waals surface area contributed by atoms with Gasteiger partial charge in [0, 0.05) is 19.3 Å². The fourth-order valence-electron chi connectivity index (χ4n) is 7.33. The van der Waals surface area contributed by atoms with Gasteiger partial charge in [0.05, 0.1) is 0 Å². The largest absolute Gasteiger partial charge is 0.462 e. The average molecular weight is 982 g/mol. The maximum atomic E-state index is 12.7. The van der Waals surface area contributed by atoms with Crippen LogP contribution in [-0.2, 0) is 28.6 Å². The lowest BCUT2D eigenvalue weighted by molar-refractivity contribution is -0.167. The molecular weight excluding hydrogens is 877 g/mol. The Bertz CT molecular complexity index is 1550. The molecule has 1 unspecified atom stereocenters. The highest BCUT2D eigenvalue weighted by atomic mass is 16.6. The van der Waals surface area contributed by atoms with Crippen LogP contribution in [0.2, 0.25) is 0 Å². The molecule has 0 aromatic rings. The zero-order valence-electron chi connectivity index (χ0n) is 45.7. The third-order valence-electron chi connectivity index (χ3n) is 11.6. The number of ether oxygens (including phenoxy) is 3. The zero-order chi connectivity index (χ0) is 51.4. The van der Waals surface area contributed by atoms with Gasteiger partial charge in [0.2, 0.25) is 0 Å². The molecule has 400 valence electrons. The summed E-state index contributed by atoms with van der Waals surface area (Å²) in [5, 5.41) is 0. The Kier molecular flexibility index (Phi) is 54.5. The molecule has 6 heteroatoms. The van der Waals surface area contributed by atoms with Crippen molar-refractivity contribution in [1.29, 1.82) is 0 Å². The highest BCUT2D eigenvalue weighted by molar-refractivity contribution is 5.71. The first-order chi connectivity index (χ1) is 35.0. The van der Waals surface area contributed by atoms with Crippen molar-refractivity contribution in [2.45, 2.75) is 245 Å². The van der Waals surface area contributed by atoms with E-state index < -0.39 is 6.10 Å². The van der Waals surface area contributed by atoms with Crippen LogP contribution in [0.1, 0.15) is 239 Å². The summed E-state index contributed by atoms with van der Waals surface area (Å²) < 4.78 is 16.7. The van der Waals surface area contributed by atoms with E-state index in [9.17, 15) is 14.4 Å². The lowest BCUT2D eigenvalue weighted by Crippen LogP contribution is -2.30. The van der Waals surface area contributed by atoms with Gasteiger partial charge in [-0.05, 0) is 116 Å². The van der Waals surface area contributed by atoms with Crippen LogP contribution in [0.25, 0.3) is 0 Å². The maximum Gasteiger partial charge on any atom is 0.306 e. The number of carbonyl (C=O) groups excluding carboxylic acids is 3. The van der Waals surface area contributed by atoms with Gasteiger partial charge in [0.15, 0.2) is 6.10 Å². The third kappa shape index (κ3) is 56.3. The van der Waals surface area contributed by atoms with Gasteiger partial charge in [-0.15, -0.1) is 0 Å². The Labute approximate surface area is 436 Å². The van der Waals surface area contributed by atoms with Crippen LogP contribution in [0.3, 0.4) is 0 Å². The fourth-order valence-corrected chi connectivity index (χ4v) is 7.33. The molecule has 1 atom stereocenters. The SMILES string of the molecule is CC/C=C\C/C=C\C/C=C\C/C=C\C/C=C\C/C=C\C/C=C\C/C=C\C/C=C\C/C=C\CCCCCCC(=O)OCC(COC(=O)CCCCCCCCC)OC(=O)CCCCCCC/C=C\CCCC. The number of hydrogen-bond donors (Lipinski definition) is 0. The molecule has 0 N–H and O–H groups in total. The molecule has 0 aromatic carbocycles. The minimum Gasteiger partial charge on any atom is -0.462 e. The summed E-state index contributed by atoms with van der Waals surface area (Å²) in [6, 6.07) is 0. The maximum absolute atomic E-state index is 12.7. The molecule has 0 amide bonds. The Hall–Kier alpha value is -4.45. The summed E-state index contributed by atoms with van der Waals surface area (Å²) in [5.74, 6) is -0.942. The van der Waals surface area contributed by atoms with Gasteiger partial charge < -0.3 is 14.2 Å². The first kappa shape index (κ1) is 66.6. The predicted octanol–water partition coefficient (Wildman–Crippen LogP) is 19.4. The van der Waals surface area contributed by atoms with Gasteiger partial charge in [-0.3, -0.25) is 14.4 Å². The van der Waals surface area contributed by atoms with Gasteiger partial charge in [-0.25, -0.2) is 0 Å². The molecule has 0 heterocycles. The molecule has 0 aliphatic carbocycles. The van der Waals surface area contributed by atoms with Crippen molar-refractivity contribution in [2.24, 2.45) is 0 Å². The van der Waals surface area contributed by atoms with Crippen molar-refractivity contribution in [3.05, 3.63) is 134 Å². The molecule has 0 aliphatic heterocycles. The first-order valence-corrected chi connectivity index (χ1v) is 28.7. The van der Waals surface area contributed by atoms with Gasteiger partial charge in [0.1, 0.15) is 13.2 Å². The van der Waals surface area contributed by atoms with Crippen LogP contribution in [0.4, 0.5) is 0 Å². The average Bonchev–Trinajstić information content (AvgIpc) is 3.37. The number of rotatable bonds is 50. The van der Waals surface area contributed by atoms with E-state index in [1.54, 1.807) is 0 Å². The molecule has 0 aliphatic rings. The van der Waals surface area contributed by atoms with Crippen LogP contribution < -0.4 is 0 Å². The van der Waals surface area contributed by atoms with Gasteiger partial charge in [-0.2, -0.15) is 0 Å². The van der Waals surface area contributed by atoms with E-state index in [1.807, 2.05) is 0 Å². The summed E-state index contributed by atoms with van der Waals surface area (Å²) in [4.78, 5) is 37.8. The van der Waals surface area contributed by atoms with E-state index in [4.69, 9.17) is 14.2 Å². The number of allylic oxidation sites excluding steroid dienone is 22. The molecule has 6 nitrogen and oxygen atoms in total. The summed E-state index contributed by atoms with van der Waals surface area (Å²) in [6.45, 7) is 6.39. The number of esters is 3. The lowest BCUT2D eigenvalue weighted by Gasteiger charge is -2.18. The standard InChI is InChI=1S/C65H104O6/c1-4-7-10-13-16-18-20-21-22-23-24-25-26-27-28-29-30-31-32-33-34-35-36-37-38-39-40-41-42-43-45-46-49-52-55-58-64(67)70-61-62(60-69-63(66)57-54-51-48-15-12-9-6-3)71-65(68)59-56-53-50-47-44-19-17-14-11-8-5-2/h7,10,14,16-18,21-22,24-25,27-28,30-31,33-34,36-37,39-40,42-43,62H,4-6,8-9,11-13,15,19-20,23,26,29,32,35,38,41,44-61H2,1-3H3/b10-7-,17-14-,18-16-,22-21-,25-24-,28-27-,31-30-,34-33-,37-36-,40-39-,43-42-. The molecule has 0 saturated carbocycles. The van der Waals surface area contributed by atoms with Crippen LogP contribution >= 0.6 is 0 Å². The highest BCUT2D eigenvalue weighted by Crippen LogP contribution is 2.13. The van der Waals surface area contributed by atoms with E-state index in [2.05, 4.69) is 154 Å². The van der Waals surface area contributed by atoms with E-state index in [-0.39, 0.29) is 31.1 Å². The fraction of sp³-hybridized carbons (Fsp3) is 0.615. The second-order valence-electron chi connectivity index (χ2n) is 18.5. The van der Waals surface area contributed by atoms with E-state index in [0.717, 1.165) is 148 Å². The van der Waals surface area contributed by atoms with Gasteiger partial charge in [0.25, 0.3) is 0 Å². The van der Waals surface area contributed by atoms with Crippen molar-refractivity contribution in [3.63, 3.8) is 0 Å². The van der Waals surface area contributed by atoms with Crippen molar-refractivity contribution < 1.29 is 28.6 Å². The molecule has 0 rings (SSSR count). The van der Waals surface area contributed by atoms with E-state index in [1.165, 1.54) is 51.4 Å². The second-order valence-corrected chi connectivity index (χ2v) is 18.5. The molecular formula is C65H104O6. The number of hydrogen-bond acceptors (Lipinski definition) is 6. The first-order valence-electron chi connectivity index (χ1n) is 28.7. The summed E-state index contributed by atoms with van der Waals surface area (Å²) >= 11 is 0. The van der Waals surface area contributed by atoms with Crippen LogP contribution in [0.15, 0.2) is 134 Å². The van der Waals surface area contributed by atoms with Crippen molar-refractivity contribution in [3.8, 4) is 0 Å². The normalized spacial score (nSPS) is 13.1. The minimum atomic E-state index is -0.792. The smallest absolute Gasteiger partial charge is 0.306 e. The predicted molar refractivity (Wildman–Crippen MR) is 306 cm³/mol. The summed E-state index contributed by atoms with van der Waals surface area (Å²) in [5.41, 5.74) is 0. The van der Waals surface area contributed by atoms with Crippen molar-refractivity contribution in [2.75, 3.05) is 13.2 Å². The van der Waals surface area contributed by atoms with E-state index >= 15 is 0 Å². The Morgan fingerprint density at radius 2 is 0.563 bits per heavy atom. The molecule has 0 spiro atoms. The topological polar surface area (TPSA) is 78.9 Å². The molecule has 71 heavy (non-hydrogen) atoms. The molecule has 0 radical (unpaired) electrons. The number of unbranched alkanes of at least 4 members (excludes halogenated alkanes) is 17. The zero-order valence-corrected chi connectivity index (χ0v) is 45.7. The van der Waals surface area contributed by atoms with Gasteiger partial charge in [-0.1, -0.05) is 238 Å². The molecule has 0 bridgehead atoms. The van der Waals surface area contributed by atoms with Gasteiger partial charge >= 0.3 is 17.9 Å². The lowest BCUT2D eigenvalue weighted by atomic mass is 10.1. The van der Waals surface area contributed by atoms with Crippen LogP contribution in [0.5, 0.6) is 0 Å². The van der Waals surface area contributed by atoms with Crippen molar-refractivity contribution >= 4 is 17.9 Å². The summed E-state index contributed by atoms with van der Waals surface area (Å²) in [7, 11) is 0. The van der Waals surface area contributed by atoms with E-state index in [0.29, 0.717) is 19.3 Å². The second kappa shape index (κ2) is 58.1. The summed E-state index contributed by atoms with van der Waals surface area (Å²) in [6.07, 6.45) is 81.9. The third-order valence-corrected chi connectivity index (χ3v) is 11.6. The minimum absolute atomic E-state index is 0.0917. The van der Waals surface area contributed by atoms with Crippen molar-refractivity contribution in [1.82, 2.24) is 0 Å². The molecule has 0 aromatic heterocycles. The van der Waals surface area contributed by atoms with Crippen LogP contribution in [-0.4, -0.2) is 37.2 Å². The Morgan fingerprint density at radius 1 is 0.296 bits per heavy atom. The Balaban J connectivity index is 4.16. The molecule has 0 saturated heterocycles. The number of carbonyl (C=O) groups is 3. The molecule has 0 fully saturated rings. The monoisotopic (exact) mass is 981 g/mol. The van der Waals surface area contributed by atoms with Crippen LogP contribution in [0, 0.1) is 0 Å².